The number of halogens is 1. The van der Waals surface area contributed by atoms with E-state index in [4.69, 9.17) is 11.6 Å². The Morgan fingerprint density at radius 2 is 2.04 bits per heavy atom. The number of aryl methyl sites for hydroxylation is 1. The molecule has 5 nitrogen and oxygen atoms in total. The normalized spacial score (nSPS) is 17.9. The second kappa shape index (κ2) is 6.43. The number of hydrogen-bond donors (Lipinski definition) is 2. The summed E-state index contributed by atoms with van der Waals surface area (Å²) in [4.78, 5) is 5.80. The van der Waals surface area contributed by atoms with E-state index in [0.717, 1.165) is 43.0 Å². The molecule has 1 aliphatic heterocycles. The Labute approximate surface area is 142 Å². The van der Waals surface area contributed by atoms with Gasteiger partial charge in [0.25, 0.3) is 0 Å². The predicted octanol–water partition coefficient (Wildman–Crippen LogP) is 2.64. The van der Waals surface area contributed by atoms with E-state index >= 15 is 0 Å². The number of aromatic nitrogens is 1. The molecule has 0 saturated carbocycles. The summed E-state index contributed by atoms with van der Waals surface area (Å²) in [6, 6.07) is 6.00. The molecule has 1 aliphatic rings. The SMILES string of the molecule is Cc1c(CN2CCC(NS(C)(=O)=O)CC2)[nH]c2c(Cl)cccc12. The van der Waals surface area contributed by atoms with Crippen molar-refractivity contribution >= 4 is 32.5 Å². The highest BCUT2D eigenvalue weighted by Gasteiger charge is 2.22. The van der Waals surface area contributed by atoms with Crippen LogP contribution in [0.1, 0.15) is 24.1 Å². The Kier molecular flexibility index (Phi) is 4.69. The maximum atomic E-state index is 11.3. The maximum absolute atomic E-state index is 11.3. The van der Waals surface area contributed by atoms with Crippen molar-refractivity contribution in [3.05, 3.63) is 34.5 Å². The van der Waals surface area contributed by atoms with E-state index in [-0.39, 0.29) is 6.04 Å². The van der Waals surface area contributed by atoms with Gasteiger partial charge in [-0.05, 0) is 31.4 Å². The first kappa shape index (κ1) is 16.8. The van der Waals surface area contributed by atoms with Gasteiger partial charge >= 0.3 is 0 Å². The van der Waals surface area contributed by atoms with Gasteiger partial charge in [-0.15, -0.1) is 0 Å². The second-order valence-corrected chi connectivity index (χ2v) is 8.52. The van der Waals surface area contributed by atoms with Crippen molar-refractivity contribution in [3.63, 3.8) is 0 Å². The Morgan fingerprint density at radius 1 is 1.35 bits per heavy atom. The quantitative estimate of drug-likeness (QED) is 0.886. The molecule has 23 heavy (non-hydrogen) atoms. The van der Waals surface area contributed by atoms with E-state index in [1.54, 1.807) is 0 Å². The molecule has 2 heterocycles. The predicted molar refractivity (Wildman–Crippen MR) is 94.3 cm³/mol. The van der Waals surface area contributed by atoms with E-state index in [0.29, 0.717) is 0 Å². The third-order valence-corrected chi connectivity index (χ3v) is 5.57. The van der Waals surface area contributed by atoms with Crippen molar-refractivity contribution in [3.8, 4) is 0 Å². The highest BCUT2D eigenvalue weighted by Crippen LogP contribution is 2.28. The first-order valence-corrected chi connectivity index (χ1v) is 10.1. The van der Waals surface area contributed by atoms with E-state index in [1.165, 1.54) is 22.9 Å². The largest absolute Gasteiger partial charge is 0.356 e. The summed E-state index contributed by atoms with van der Waals surface area (Å²) >= 11 is 6.26. The highest BCUT2D eigenvalue weighted by molar-refractivity contribution is 7.88. The van der Waals surface area contributed by atoms with Gasteiger partial charge in [-0.25, -0.2) is 13.1 Å². The third kappa shape index (κ3) is 3.88. The monoisotopic (exact) mass is 355 g/mol. The number of aromatic amines is 1. The fourth-order valence-corrected chi connectivity index (χ4v) is 4.33. The van der Waals surface area contributed by atoms with Crippen LogP contribution in [0.25, 0.3) is 10.9 Å². The Balaban J connectivity index is 1.67. The van der Waals surface area contributed by atoms with Crippen LogP contribution in [-0.2, 0) is 16.6 Å². The molecule has 0 amide bonds. The molecule has 2 N–H and O–H groups in total. The van der Waals surface area contributed by atoms with Crippen molar-refractivity contribution < 1.29 is 8.42 Å². The number of nitrogens with zero attached hydrogens (tertiary/aromatic N) is 1. The van der Waals surface area contributed by atoms with Gasteiger partial charge in [-0.1, -0.05) is 23.7 Å². The zero-order chi connectivity index (χ0) is 16.6. The summed E-state index contributed by atoms with van der Waals surface area (Å²) < 4.78 is 25.3. The number of nitrogens with one attached hydrogen (secondary N) is 2. The summed E-state index contributed by atoms with van der Waals surface area (Å²) in [6.45, 7) is 4.72. The molecule has 0 radical (unpaired) electrons. The average molecular weight is 356 g/mol. The van der Waals surface area contributed by atoms with Crippen LogP contribution in [-0.4, -0.2) is 43.7 Å². The maximum Gasteiger partial charge on any atom is 0.208 e. The molecule has 0 spiro atoms. The first-order chi connectivity index (χ1) is 10.8. The molecule has 1 fully saturated rings. The van der Waals surface area contributed by atoms with Crippen LogP contribution in [0.2, 0.25) is 5.02 Å². The molecule has 1 aromatic carbocycles. The molecule has 0 bridgehead atoms. The highest BCUT2D eigenvalue weighted by atomic mass is 35.5. The molecule has 7 heteroatoms. The zero-order valence-corrected chi connectivity index (χ0v) is 15.0. The van der Waals surface area contributed by atoms with E-state index in [9.17, 15) is 8.42 Å². The van der Waals surface area contributed by atoms with Gasteiger partial charge in [0.1, 0.15) is 0 Å². The first-order valence-electron chi connectivity index (χ1n) is 7.79. The van der Waals surface area contributed by atoms with E-state index < -0.39 is 10.0 Å². The number of para-hydroxylation sites is 1. The van der Waals surface area contributed by atoms with Gasteiger partial charge in [0.05, 0.1) is 16.8 Å². The van der Waals surface area contributed by atoms with Crippen LogP contribution in [0.4, 0.5) is 0 Å². The number of piperidine rings is 1. The minimum Gasteiger partial charge on any atom is -0.356 e. The van der Waals surface area contributed by atoms with Crippen molar-refractivity contribution in [1.29, 1.82) is 0 Å². The number of benzene rings is 1. The lowest BCUT2D eigenvalue weighted by Crippen LogP contribution is -2.44. The topological polar surface area (TPSA) is 65.2 Å². The van der Waals surface area contributed by atoms with Crippen molar-refractivity contribution in [2.45, 2.75) is 32.4 Å². The van der Waals surface area contributed by atoms with Gasteiger partial charge in [0.2, 0.25) is 10.0 Å². The molecular weight excluding hydrogens is 334 g/mol. The van der Waals surface area contributed by atoms with Gasteiger partial charge < -0.3 is 4.98 Å². The fraction of sp³-hybridized carbons (Fsp3) is 0.500. The molecule has 0 aliphatic carbocycles. The number of sulfonamides is 1. The number of likely N-dealkylation sites (tertiary alicyclic amines) is 1. The summed E-state index contributed by atoms with van der Waals surface area (Å²) in [5, 5.41) is 1.91. The number of rotatable bonds is 4. The Morgan fingerprint density at radius 3 is 2.65 bits per heavy atom. The van der Waals surface area contributed by atoms with Gasteiger partial charge in [-0.2, -0.15) is 0 Å². The number of hydrogen-bond acceptors (Lipinski definition) is 3. The molecule has 0 atom stereocenters. The molecular formula is C16H22ClN3O2S. The van der Waals surface area contributed by atoms with Crippen molar-refractivity contribution in [2.75, 3.05) is 19.3 Å². The lowest BCUT2D eigenvalue weighted by Gasteiger charge is -2.31. The van der Waals surface area contributed by atoms with Crippen molar-refractivity contribution in [2.24, 2.45) is 0 Å². The number of fused-ring (bicyclic) bond motifs is 1. The number of H-pyrrole nitrogens is 1. The second-order valence-electron chi connectivity index (χ2n) is 6.33. The van der Waals surface area contributed by atoms with Crippen LogP contribution in [0.3, 0.4) is 0 Å². The summed E-state index contributed by atoms with van der Waals surface area (Å²) in [7, 11) is -3.12. The third-order valence-electron chi connectivity index (χ3n) is 4.50. The minimum absolute atomic E-state index is 0.0551. The minimum atomic E-state index is -3.12. The van der Waals surface area contributed by atoms with Crippen LogP contribution in [0.5, 0.6) is 0 Å². The van der Waals surface area contributed by atoms with Crippen LogP contribution in [0.15, 0.2) is 18.2 Å². The summed E-state index contributed by atoms with van der Waals surface area (Å²) in [5.74, 6) is 0. The molecule has 1 aromatic heterocycles. The molecule has 126 valence electrons. The van der Waals surface area contributed by atoms with Crippen LogP contribution >= 0.6 is 11.6 Å². The lowest BCUT2D eigenvalue weighted by atomic mass is 10.1. The van der Waals surface area contributed by atoms with Gasteiger partial charge in [-0.3, -0.25) is 4.90 Å². The summed E-state index contributed by atoms with van der Waals surface area (Å²) in [5.41, 5.74) is 3.41. The smallest absolute Gasteiger partial charge is 0.208 e. The van der Waals surface area contributed by atoms with E-state index in [2.05, 4.69) is 27.6 Å². The van der Waals surface area contributed by atoms with Gasteiger partial charge in [0.15, 0.2) is 0 Å². The standard InChI is InChI=1S/C16H22ClN3O2S/c1-11-13-4-3-5-14(17)16(13)18-15(11)10-20-8-6-12(7-9-20)19-23(2,21)22/h3-5,12,18-19H,6-10H2,1-2H3. The van der Waals surface area contributed by atoms with Crippen molar-refractivity contribution in [1.82, 2.24) is 14.6 Å². The summed E-state index contributed by atoms with van der Waals surface area (Å²) in [6.07, 6.45) is 2.90. The van der Waals surface area contributed by atoms with E-state index in [1.807, 2.05) is 12.1 Å². The average Bonchev–Trinajstić information content (AvgIpc) is 2.78. The van der Waals surface area contributed by atoms with Crippen LogP contribution < -0.4 is 4.72 Å². The molecule has 1 saturated heterocycles. The molecule has 3 rings (SSSR count). The van der Waals surface area contributed by atoms with Crippen LogP contribution in [0, 0.1) is 6.92 Å². The molecule has 0 unspecified atom stereocenters. The molecule has 2 aromatic rings. The lowest BCUT2D eigenvalue weighted by molar-refractivity contribution is 0.198. The Hall–Kier alpha value is -1.08. The Bertz CT molecular complexity index is 808. The fourth-order valence-electron chi connectivity index (χ4n) is 3.26. The zero-order valence-electron chi connectivity index (χ0n) is 13.4. The van der Waals surface area contributed by atoms with Gasteiger partial charge in [0, 0.05) is 36.8 Å².